The number of imidazole rings is 1. The second-order valence-corrected chi connectivity index (χ2v) is 4.28. The Morgan fingerprint density at radius 1 is 1.39 bits per heavy atom. The minimum absolute atomic E-state index is 0.131. The Kier molecular flexibility index (Phi) is 3.32. The average Bonchev–Trinajstić information content (AvgIpc) is 2.84. The summed E-state index contributed by atoms with van der Waals surface area (Å²) in [5, 5.41) is 2.82. The van der Waals surface area contributed by atoms with Gasteiger partial charge >= 0.3 is 0 Å². The van der Waals surface area contributed by atoms with E-state index < -0.39 is 0 Å². The van der Waals surface area contributed by atoms with E-state index in [0.717, 1.165) is 16.8 Å². The summed E-state index contributed by atoms with van der Waals surface area (Å²) in [6.45, 7) is 4.25. The Morgan fingerprint density at radius 2 is 2.17 bits per heavy atom. The summed E-state index contributed by atoms with van der Waals surface area (Å²) in [6, 6.07) is 3.63. The van der Waals surface area contributed by atoms with Gasteiger partial charge in [-0.3, -0.25) is 4.79 Å². The molecular weight excluding hydrogens is 228 g/mol. The lowest BCUT2D eigenvalue weighted by Gasteiger charge is -2.09. The van der Waals surface area contributed by atoms with Crippen LogP contribution in [-0.4, -0.2) is 15.9 Å². The molecule has 0 saturated carbocycles. The number of carbonyl (C=O) groups excluding carboxylic acids is 1. The summed E-state index contributed by atoms with van der Waals surface area (Å²) in [4.78, 5) is 18.8. The fourth-order valence-electron chi connectivity index (χ4n) is 1.77. The van der Waals surface area contributed by atoms with E-state index >= 15 is 0 Å². The summed E-state index contributed by atoms with van der Waals surface area (Å²) in [6.07, 6.45) is 3.26. The maximum absolute atomic E-state index is 12.0. The monoisotopic (exact) mass is 244 g/mol. The third-order valence-corrected chi connectivity index (χ3v) is 2.85. The van der Waals surface area contributed by atoms with Gasteiger partial charge in [-0.05, 0) is 31.0 Å². The molecule has 0 fully saturated rings. The number of nitrogens with one attached hydrogen (secondary N) is 2. The van der Waals surface area contributed by atoms with Crippen LogP contribution in [0.2, 0.25) is 0 Å². The molecule has 0 unspecified atom stereocenters. The first-order valence-corrected chi connectivity index (χ1v) is 5.70. The first kappa shape index (κ1) is 12.2. The predicted octanol–water partition coefficient (Wildman–Crippen LogP) is 1.54. The SMILES string of the molecule is Cc1cc(C)c(C(=O)NCc2cnc[nH]2)cc1N. The van der Waals surface area contributed by atoms with Crippen LogP contribution in [-0.2, 0) is 6.54 Å². The molecule has 1 amide bonds. The highest BCUT2D eigenvalue weighted by atomic mass is 16.1. The maximum atomic E-state index is 12.0. The molecule has 5 heteroatoms. The van der Waals surface area contributed by atoms with Gasteiger partial charge in [0.2, 0.25) is 0 Å². The lowest BCUT2D eigenvalue weighted by Crippen LogP contribution is -2.24. The Hall–Kier alpha value is -2.30. The van der Waals surface area contributed by atoms with Gasteiger partial charge in [0, 0.05) is 17.4 Å². The Labute approximate surface area is 105 Å². The number of aromatic nitrogens is 2. The molecule has 5 nitrogen and oxygen atoms in total. The van der Waals surface area contributed by atoms with Gasteiger partial charge in [-0.1, -0.05) is 6.07 Å². The van der Waals surface area contributed by atoms with E-state index in [1.54, 1.807) is 18.6 Å². The lowest BCUT2D eigenvalue weighted by atomic mass is 10.0. The van der Waals surface area contributed by atoms with Crippen molar-refractivity contribution in [3.8, 4) is 0 Å². The maximum Gasteiger partial charge on any atom is 0.251 e. The molecule has 0 bridgehead atoms. The van der Waals surface area contributed by atoms with Crippen LogP contribution in [0.3, 0.4) is 0 Å². The van der Waals surface area contributed by atoms with E-state index in [0.29, 0.717) is 17.8 Å². The first-order valence-electron chi connectivity index (χ1n) is 5.70. The molecule has 94 valence electrons. The molecule has 0 radical (unpaired) electrons. The number of carbonyl (C=O) groups is 1. The molecular formula is C13H16N4O. The first-order chi connectivity index (χ1) is 8.58. The number of anilines is 1. The van der Waals surface area contributed by atoms with Crippen molar-refractivity contribution in [1.29, 1.82) is 0 Å². The van der Waals surface area contributed by atoms with Gasteiger partial charge in [-0.2, -0.15) is 0 Å². The van der Waals surface area contributed by atoms with E-state index in [-0.39, 0.29) is 5.91 Å². The van der Waals surface area contributed by atoms with Gasteiger partial charge in [-0.15, -0.1) is 0 Å². The van der Waals surface area contributed by atoms with E-state index in [1.807, 2.05) is 19.9 Å². The van der Waals surface area contributed by atoms with Crippen LogP contribution >= 0.6 is 0 Å². The van der Waals surface area contributed by atoms with Crippen molar-refractivity contribution in [1.82, 2.24) is 15.3 Å². The van der Waals surface area contributed by atoms with Crippen molar-refractivity contribution in [3.05, 3.63) is 47.0 Å². The second-order valence-electron chi connectivity index (χ2n) is 4.28. The number of rotatable bonds is 3. The van der Waals surface area contributed by atoms with Crippen molar-refractivity contribution >= 4 is 11.6 Å². The normalized spacial score (nSPS) is 10.3. The van der Waals surface area contributed by atoms with Gasteiger partial charge < -0.3 is 16.0 Å². The highest BCUT2D eigenvalue weighted by Gasteiger charge is 2.10. The number of nitrogens with two attached hydrogens (primary N) is 1. The summed E-state index contributed by atoms with van der Waals surface area (Å²) in [7, 11) is 0. The van der Waals surface area contributed by atoms with Gasteiger partial charge in [-0.25, -0.2) is 4.98 Å². The van der Waals surface area contributed by atoms with Gasteiger partial charge in [0.1, 0.15) is 0 Å². The van der Waals surface area contributed by atoms with Crippen molar-refractivity contribution in [3.63, 3.8) is 0 Å². The zero-order valence-corrected chi connectivity index (χ0v) is 10.4. The fourth-order valence-corrected chi connectivity index (χ4v) is 1.77. The minimum atomic E-state index is -0.131. The Bertz CT molecular complexity index is 561. The summed E-state index contributed by atoms with van der Waals surface area (Å²) in [5.74, 6) is -0.131. The number of hydrogen-bond acceptors (Lipinski definition) is 3. The van der Waals surface area contributed by atoms with Crippen LogP contribution in [0.5, 0.6) is 0 Å². The number of H-pyrrole nitrogens is 1. The standard InChI is InChI=1S/C13H16N4O/c1-8-3-9(2)12(14)4-11(8)13(18)16-6-10-5-15-7-17-10/h3-5,7H,6,14H2,1-2H3,(H,15,17)(H,16,18). The molecule has 2 aromatic rings. The fraction of sp³-hybridized carbons (Fsp3) is 0.231. The second kappa shape index (κ2) is 4.91. The number of benzene rings is 1. The van der Waals surface area contributed by atoms with Crippen molar-refractivity contribution in [2.24, 2.45) is 0 Å². The van der Waals surface area contributed by atoms with Crippen molar-refractivity contribution in [2.45, 2.75) is 20.4 Å². The average molecular weight is 244 g/mol. The Morgan fingerprint density at radius 3 is 2.83 bits per heavy atom. The molecule has 0 aliphatic heterocycles. The highest BCUT2D eigenvalue weighted by molar-refractivity contribution is 5.96. The quantitative estimate of drug-likeness (QED) is 0.716. The lowest BCUT2D eigenvalue weighted by molar-refractivity contribution is 0.0950. The number of amides is 1. The summed E-state index contributed by atoms with van der Waals surface area (Å²) in [5.41, 5.74) is 9.83. The summed E-state index contributed by atoms with van der Waals surface area (Å²) < 4.78 is 0. The van der Waals surface area contributed by atoms with Crippen molar-refractivity contribution in [2.75, 3.05) is 5.73 Å². The van der Waals surface area contributed by atoms with Gasteiger partial charge in [0.25, 0.3) is 5.91 Å². The van der Waals surface area contributed by atoms with Crippen LogP contribution in [0.1, 0.15) is 27.2 Å². The van der Waals surface area contributed by atoms with E-state index in [1.165, 1.54) is 0 Å². The zero-order chi connectivity index (χ0) is 13.1. The van der Waals surface area contributed by atoms with Gasteiger partial charge in [0.05, 0.1) is 18.6 Å². The number of nitrogens with zero attached hydrogens (tertiary/aromatic N) is 1. The van der Waals surface area contributed by atoms with Crippen molar-refractivity contribution < 1.29 is 4.79 Å². The van der Waals surface area contributed by atoms with Crippen LogP contribution in [0.15, 0.2) is 24.7 Å². The predicted molar refractivity (Wildman–Crippen MR) is 70.1 cm³/mol. The van der Waals surface area contributed by atoms with Crippen LogP contribution in [0.4, 0.5) is 5.69 Å². The number of nitrogen functional groups attached to an aromatic ring is 1. The topological polar surface area (TPSA) is 83.8 Å². The van der Waals surface area contributed by atoms with E-state index in [2.05, 4.69) is 15.3 Å². The largest absolute Gasteiger partial charge is 0.398 e. The van der Waals surface area contributed by atoms with Crippen LogP contribution in [0.25, 0.3) is 0 Å². The third kappa shape index (κ3) is 2.51. The smallest absolute Gasteiger partial charge is 0.251 e. The highest BCUT2D eigenvalue weighted by Crippen LogP contribution is 2.17. The molecule has 1 heterocycles. The zero-order valence-electron chi connectivity index (χ0n) is 10.4. The van der Waals surface area contributed by atoms with Crippen LogP contribution in [0, 0.1) is 13.8 Å². The molecule has 1 aromatic carbocycles. The number of aryl methyl sites for hydroxylation is 2. The van der Waals surface area contributed by atoms with Gasteiger partial charge in [0.15, 0.2) is 0 Å². The molecule has 0 spiro atoms. The van der Waals surface area contributed by atoms with Crippen LogP contribution < -0.4 is 11.1 Å². The molecule has 2 rings (SSSR count). The summed E-state index contributed by atoms with van der Waals surface area (Å²) >= 11 is 0. The molecule has 0 aliphatic carbocycles. The number of aromatic amines is 1. The van der Waals surface area contributed by atoms with E-state index in [9.17, 15) is 4.79 Å². The molecule has 4 N–H and O–H groups in total. The molecule has 1 aromatic heterocycles. The minimum Gasteiger partial charge on any atom is -0.398 e. The third-order valence-electron chi connectivity index (χ3n) is 2.85. The number of hydrogen-bond donors (Lipinski definition) is 3. The molecule has 0 atom stereocenters. The molecule has 18 heavy (non-hydrogen) atoms. The Balaban J connectivity index is 2.11. The van der Waals surface area contributed by atoms with E-state index in [4.69, 9.17) is 5.73 Å². The molecule has 0 aliphatic rings. The molecule has 0 saturated heterocycles.